The summed E-state index contributed by atoms with van der Waals surface area (Å²) >= 11 is 0. The molecule has 0 heterocycles. The molecule has 0 saturated heterocycles. The second kappa shape index (κ2) is 9.31. The number of nitrogens with one attached hydrogen (secondary N) is 2. The molecule has 0 atom stereocenters. The first-order valence-electron chi connectivity index (χ1n) is 9.81. The Bertz CT molecular complexity index is 983. The number of hydrogen-bond acceptors (Lipinski definition) is 4. The van der Waals surface area contributed by atoms with Gasteiger partial charge in [0.05, 0.1) is 11.5 Å². The predicted molar refractivity (Wildman–Crippen MR) is 116 cm³/mol. The highest BCUT2D eigenvalue weighted by Crippen LogP contribution is 2.30. The van der Waals surface area contributed by atoms with Gasteiger partial charge >= 0.3 is 0 Å². The SMILES string of the molecule is CN=C(NCc1ccc(S(C)(=O)=O)c(C)c1)NCc1ccccc1OCC1CC1. The minimum absolute atomic E-state index is 0.367. The fourth-order valence-corrected chi connectivity index (χ4v) is 4.06. The molecule has 2 aromatic rings. The molecule has 156 valence electrons. The zero-order valence-corrected chi connectivity index (χ0v) is 18.1. The molecule has 1 aliphatic carbocycles. The van der Waals surface area contributed by atoms with E-state index in [1.165, 1.54) is 19.1 Å². The van der Waals surface area contributed by atoms with E-state index in [4.69, 9.17) is 4.74 Å². The number of aryl methyl sites for hydroxylation is 1. The van der Waals surface area contributed by atoms with Crippen LogP contribution in [0.1, 0.15) is 29.5 Å². The van der Waals surface area contributed by atoms with E-state index in [0.29, 0.717) is 29.9 Å². The molecule has 3 rings (SSSR count). The average molecular weight is 416 g/mol. The second-order valence-corrected chi connectivity index (χ2v) is 9.50. The zero-order chi connectivity index (χ0) is 20.9. The van der Waals surface area contributed by atoms with Crippen molar-refractivity contribution in [1.82, 2.24) is 10.6 Å². The molecule has 29 heavy (non-hydrogen) atoms. The second-order valence-electron chi connectivity index (χ2n) is 7.51. The fraction of sp³-hybridized carbons (Fsp3) is 0.409. The monoisotopic (exact) mass is 415 g/mol. The van der Waals surface area contributed by atoms with Gasteiger partial charge < -0.3 is 15.4 Å². The number of sulfone groups is 1. The number of nitrogens with zero attached hydrogens (tertiary/aromatic N) is 1. The van der Waals surface area contributed by atoms with Crippen molar-refractivity contribution < 1.29 is 13.2 Å². The topological polar surface area (TPSA) is 79.8 Å². The van der Waals surface area contributed by atoms with Crippen LogP contribution in [0.2, 0.25) is 0 Å². The molecule has 0 bridgehead atoms. The van der Waals surface area contributed by atoms with Gasteiger partial charge in [0.1, 0.15) is 5.75 Å². The number of benzene rings is 2. The first-order chi connectivity index (χ1) is 13.9. The first-order valence-corrected chi connectivity index (χ1v) is 11.7. The number of hydrogen-bond donors (Lipinski definition) is 2. The van der Waals surface area contributed by atoms with E-state index in [1.54, 1.807) is 13.1 Å². The Labute approximate surface area is 173 Å². The molecular formula is C22H29N3O3S. The molecule has 0 radical (unpaired) electrons. The smallest absolute Gasteiger partial charge is 0.191 e. The van der Waals surface area contributed by atoms with Crippen LogP contribution in [-0.2, 0) is 22.9 Å². The summed E-state index contributed by atoms with van der Waals surface area (Å²) in [7, 11) is -1.48. The highest BCUT2D eigenvalue weighted by atomic mass is 32.2. The highest BCUT2D eigenvalue weighted by molar-refractivity contribution is 7.90. The molecule has 1 aliphatic rings. The van der Waals surface area contributed by atoms with Gasteiger partial charge in [-0.05, 0) is 48.9 Å². The lowest BCUT2D eigenvalue weighted by Crippen LogP contribution is -2.36. The standard InChI is InChI=1S/C22H29N3O3S/c1-16-12-18(10-11-21(16)29(3,26)27)13-24-22(23-2)25-14-19-6-4-5-7-20(19)28-15-17-8-9-17/h4-7,10-12,17H,8-9,13-15H2,1-3H3,(H2,23,24,25). The van der Waals surface area contributed by atoms with Crippen molar-refractivity contribution in [1.29, 1.82) is 0 Å². The van der Waals surface area contributed by atoms with Gasteiger partial charge in [0.25, 0.3) is 0 Å². The van der Waals surface area contributed by atoms with Crippen molar-refractivity contribution in [2.24, 2.45) is 10.9 Å². The van der Waals surface area contributed by atoms with Crippen LogP contribution in [0.25, 0.3) is 0 Å². The third-order valence-electron chi connectivity index (χ3n) is 4.91. The lowest BCUT2D eigenvalue weighted by Gasteiger charge is -2.15. The maximum Gasteiger partial charge on any atom is 0.191 e. The van der Waals surface area contributed by atoms with E-state index < -0.39 is 9.84 Å². The van der Waals surface area contributed by atoms with Crippen molar-refractivity contribution in [2.75, 3.05) is 19.9 Å². The summed E-state index contributed by atoms with van der Waals surface area (Å²) < 4.78 is 29.5. The molecule has 0 aromatic heterocycles. The molecule has 7 heteroatoms. The molecule has 1 saturated carbocycles. The van der Waals surface area contributed by atoms with Crippen LogP contribution >= 0.6 is 0 Å². The van der Waals surface area contributed by atoms with E-state index >= 15 is 0 Å². The minimum Gasteiger partial charge on any atom is -0.493 e. The van der Waals surface area contributed by atoms with Crippen molar-refractivity contribution in [3.8, 4) is 5.75 Å². The Kier molecular flexibility index (Phi) is 6.79. The first kappa shape index (κ1) is 21.2. The molecule has 0 unspecified atom stereocenters. The Hall–Kier alpha value is -2.54. The van der Waals surface area contributed by atoms with Crippen LogP contribution in [0.15, 0.2) is 52.4 Å². The number of ether oxygens (including phenoxy) is 1. The largest absolute Gasteiger partial charge is 0.493 e. The fourth-order valence-electron chi connectivity index (χ4n) is 3.11. The zero-order valence-electron chi connectivity index (χ0n) is 17.2. The summed E-state index contributed by atoms with van der Waals surface area (Å²) in [6, 6.07) is 13.4. The van der Waals surface area contributed by atoms with Gasteiger partial charge in [-0.15, -0.1) is 0 Å². The minimum atomic E-state index is -3.20. The summed E-state index contributed by atoms with van der Waals surface area (Å²) in [5.41, 5.74) is 2.83. The Morgan fingerprint density at radius 2 is 1.86 bits per heavy atom. The van der Waals surface area contributed by atoms with Gasteiger partial charge in [-0.2, -0.15) is 0 Å². The van der Waals surface area contributed by atoms with Gasteiger partial charge in [-0.25, -0.2) is 8.42 Å². The summed E-state index contributed by atoms with van der Waals surface area (Å²) in [5.74, 6) is 2.30. The lowest BCUT2D eigenvalue weighted by molar-refractivity contribution is 0.296. The van der Waals surface area contributed by atoms with Crippen LogP contribution < -0.4 is 15.4 Å². The van der Waals surface area contributed by atoms with Gasteiger partial charge in [0.2, 0.25) is 0 Å². The van der Waals surface area contributed by atoms with E-state index in [1.807, 2.05) is 37.3 Å². The van der Waals surface area contributed by atoms with Crippen LogP contribution in [0, 0.1) is 12.8 Å². The third kappa shape index (κ3) is 6.22. The van der Waals surface area contributed by atoms with Crippen LogP contribution in [0.3, 0.4) is 0 Å². The van der Waals surface area contributed by atoms with Crippen LogP contribution in [0.4, 0.5) is 0 Å². The predicted octanol–water partition coefficient (Wildman–Crippen LogP) is 3.05. The third-order valence-corrected chi connectivity index (χ3v) is 6.17. The van der Waals surface area contributed by atoms with Gasteiger partial charge in [0, 0.05) is 32.0 Å². The average Bonchev–Trinajstić information content (AvgIpc) is 3.50. The van der Waals surface area contributed by atoms with E-state index in [2.05, 4.69) is 21.7 Å². The summed E-state index contributed by atoms with van der Waals surface area (Å²) in [5, 5.41) is 6.58. The molecule has 2 N–H and O–H groups in total. The molecule has 2 aromatic carbocycles. The maximum absolute atomic E-state index is 11.8. The van der Waals surface area contributed by atoms with Crippen molar-refractivity contribution in [3.63, 3.8) is 0 Å². The molecule has 0 spiro atoms. The van der Waals surface area contributed by atoms with Gasteiger partial charge in [-0.1, -0.05) is 30.3 Å². The maximum atomic E-state index is 11.8. The van der Waals surface area contributed by atoms with Gasteiger partial charge in [0.15, 0.2) is 15.8 Å². The normalized spacial score (nSPS) is 14.5. The van der Waals surface area contributed by atoms with Crippen molar-refractivity contribution >= 4 is 15.8 Å². The number of guanidine groups is 1. The van der Waals surface area contributed by atoms with E-state index in [0.717, 1.165) is 29.0 Å². The number of aliphatic imine (C=N–C) groups is 1. The molecule has 6 nitrogen and oxygen atoms in total. The summed E-state index contributed by atoms with van der Waals surface area (Å²) in [4.78, 5) is 4.64. The summed E-state index contributed by atoms with van der Waals surface area (Å²) in [6.07, 6.45) is 3.76. The quantitative estimate of drug-likeness (QED) is 0.512. The van der Waals surface area contributed by atoms with Crippen molar-refractivity contribution in [2.45, 2.75) is 37.8 Å². The van der Waals surface area contributed by atoms with Crippen LogP contribution in [-0.4, -0.2) is 34.3 Å². The Balaban J connectivity index is 1.56. The van der Waals surface area contributed by atoms with E-state index in [-0.39, 0.29) is 0 Å². The molecule has 0 aliphatic heterocycles. The Morgan fingerprint density at radius 1 is 1.14 bits per heavy atom. The lowest BCUT2D eigenvalue weighted by atomic mass is 10.1. The molecule has 0 amide bonds. The van der Waals surface area contributed by atoms with Crippen LogP contribution in [0.5, 0.6) is 5.75 Å². The molecule has 1 fully saturated rings. The molecular weight excluding hydrogens is 386 g/mol. The number of rotatable bonds is 8. The number of para-hydroxylation sites is 1. The Morgan fingerprint density at radius 3 is 2.52 bits per heavy atom. The summed E-state index contributed by atoms with van der Waals surface area (Å²) in [6.45, 7) is 3.75. The van der Waals surface area contributed by atoms with Gasteiger partial charge in [-0.3, -0.25) is 4.99 Å². The highest BCUT2D eigenvalue weighted by Gasteiger charge is 2.22. The van der Waals surface area contributed by atoms with Crippen molar-refractivity contribution in [3.05, 3.63) is 59.2 Å². The van der Waals surface area contributed by atoms with E-state index in [9.17, 15) is 8.42 Å².